The first-order chi connectivity index (χ1) is 15.9. The number of carbonyl (C=O) groups is 2. The molecule has 0 aliphatic carbocycles. The van der Waals surface area contributed by atoms with E-state index in [1.54, 1.807) is 48.4 Å². The molecule has 3 rings (SSSR count). The second-order valence-corrected chi connectivity index (χ2v) is 7.75. The van der Waals surface area contributed by atoms with Crippen molar-refractivity contribution < 1.29 is 24.2 Å². The first-order valence-corrected chi connectivity index (χ1v) is 11.3. The lowest BCUT2D eigenvalue weighted by Crippen LogP contribution is -2.38. The minimum absolute atomic E-state index is 0.0805. The van der Waals surface area contributed by atoms with E-state index in [0.29, 0.717) is 42.3 Å². The van der Waals surface area contributed by atoms with Crippen molar-refractivity contribution in [1.82, 2.24) is 9.80 Å². The van der Waals surface area contributed by atoms with E-state index in [4.69, 9.17) is 9.47 Å². The number of ether oxygens (including phenoxy) is 2. The molecular weight excluding hydrogens is 420 g/mol. The summed E-state index contributed by atoms with van der Waals surface area (Å²) in [6, 6.07) is 13.4. The third kappa shape index (κ3) is 5.20. The van der Waals surface area contributed by atoms with Crippen molar-refractivity contribution in [3.63, 3.8) is 0 Å². The van der Waals surface area contributed by atoms with Gasteiger partial charge in [0.25, 0.3) is 11.7 Å². The molecule has 0 aromatic heterocycles. The Morgan fingerprint density at radius 3 is 2.33 bits per heavy atom. The summed E-state index contributed by atoms with van der Waals surface area (Å²) in [5.41, 5.74) is 1.24. The maximum atomic E-state index is 13.1. The lowest BCUT2D eigenvalue weighted by molar-refractivity contribution is -0.140. The molecule has 1 N–H and O–H groups in total. The summed E-state index contributed by atoms with van der Waals surface area (Å²) in [4.78, 5) is 30.0. The summed E-state index contributed by atoms with van der Waals surface area (Å²) in [5, 5.41) is 11.2. The van der Waals surface area contributed by atoms with Gasteiger partial charge in [0.1, 0.15) is 17.3 Å². The summed E-state index contributed by atoms with van der Waals surface area (Å²) >= 11 is 0. The number of rotatable bonds is 10. The van der Waals surface area contributed by atoms with Gasteiger partial charge < -0.3 is 24.4 Å². The van der Waals surface area contributed by atoms with Crippen molar-refractivity contribution in [2.45, 2.75) is 26.8 Å². The van der Waals surface area contributed by atoms with Crippen LogP contribution >= 0.6 is 0 Å². The minimum atomic E-state index is -0.706. The highest BCUT2D eigenvalue weighted by Gasteiger charge is 2.46. The van der Waals surface area contributed by atoms with Crippen LogP contribution in [0.2, 0.25) is 0 Å². The van der Waals surface area contributed by atoms with Crippen LogP contribution in [0.3, 0.4) is 0 Å². The summed E-state index contributed by atoms with van der Waals surface area (Å²) in [5.74, 6) is -0.216. The molecule has 7 heteroatoms. The average molecular weight is 453 g/mol. The van der Waals surface area contributed by atoms with E-state index >= 15 is 0 Å². The van der Waals surface area contributed by atoms with Gasteiger partial charge in [0, 0.05) is 18.7 Å². The quantitative estimate of drug-likeness (QED) is 0.335. The molecule has 1 heterocycles. The maximum absolute atomic E-state index is 13.1. The number of ketones is 1. The number of Topliss-reactive ketones (excluding diaryl/α,β-unsaturated/α-hetero) is 1. The van der Waals surface area contributed by atoms with Gasteiger partial charge in [-0.15, -0.1) is 0 Å². The van der Waals surface area contributed by atoms with Crippen molar-refractivity contribution in [3.05, 3.63) is 65.2 Å². The molecule has 0 bridgehead atoms. The van der Waals surface area contributed by atoms with Gasteiger partial charge in [-0.2, -0.15) is 0 Å². The Morgan fingerprint density at radius 2 is 1.73 bits per heavy atom. The normalized spacial score (nSPS) is 17.6. The third-order valence-corrected chi connectivity index (χ3v) is 5.94. The summed E-state index contributed by atoms with van der Waals surface area (Å²) < 4.78 is 10.8. The minimum Gasteiger partial charge on any atom is -0.507 e. The second kappa shape index (κ2) is 11.0. The first kappa shape index (κ1) is 24.3. The Labute approximate surface area is 195 Å². The van der Waals surface area contributed by atoms with Crippen LogP contribution in [-0.2, 0) is 9.59 Å². The first-order valence-electron chi connectivity index (χ1n) is 11.3. The molecule has 2 aromatic carbocycles. The highest BCUT2D eigenvalue weighted by molar-refractivity contribution is 6.46. The van der Waals surface area contributed by atoms with Crippen LogP contribution < -0.4 is 9.47 Å². The fraction of sp³-hybridized carbons (Fsp3) is 0.385. The van der Waals surface area contributed by atoms with Crippen LogP contribution in [0.25, 0.3) is 5.76 Å². The van der Waals surface area contributed by atoms with E-state index in [9.17, 15) is 14.7 Å². The van der Waals surface area contributed by atoms with E-state index in [1.807, 2.05) is 19.1 Å². The summed E-state index contributed by atoms with van der Waals surface area (Å²) in [7, 11) is 1.57. The van der Waals surface area contributed by atoms with Crippen LogP contribution in [0, 0.1) is 0 Å². The number of likely N-dealkylation sites (tertiary alicyclic amines) is 1. The van der Waals surface area contributed by atoms with E-state index in [1.165, 1.54) is 0 Å². The molecule has 33 heavy (non-hydrogen) atoms. The third-order valence-electron chi connectivity index (χ3n) is 5.94. The van der Waals surface area contributed by atoms with Gasteiger partial charge in [-0.3, -0.25) is 9.59 Å². The summed E-state index contributed by atoms with van der Waals surface area (Å²) in [6.07, 6.45) is 0. The van der Waals surface area contributed by atoms with Crippen molar-refractivity contribution >= 4 is 17.4 Å². The number of hydrogen-bond acceptors (Lipinski definition) is 6. The molecule has 1 atom stereocenters. The standard InChI is InChI=1S/C26H32N2O5/c1-5-27(6-2)15-16-28-23(19-9-8-10-21(17-19)32-4)22(25(30)26(28)31)24(29)18-11-13-20(14-12-18)33-7-3/h8-14,17,23,29H,5-7,15-16H2,1-4H3/b24-22+/t23-/m0/s1. The number of methoxy groups -OCH3 is 1. The lowest BCUT2D eigenvalue weighted by atomic mass is 9.95. The number of aliphatic hydroxyl groups is 1. The highest BCUT2D eigenvalue weighted by atomic mass is 16.5. The number of likely N-dealkylation sites (N-methyl/N-ethyl adjacent to an activating group) is 1. The van der Waals surface area contributed by atoms with Gasteiger partial charge in [0.15, 0.2) is 0 Å². The molecule has 7 nitrogen and oxygen atoms in total. The number of hydrogen-bond donors (Lipinski definition) is 1. The van der Waals surface area contributed by atoms with Crippen LogP contribution in [0.5, 0.6) is 11.5 Å². The van der Waals surface area contributed by atoms with Gasteiger partial charge in [-0.05, 0) is 62.0 Å². The Balaban J connectivity index is 2.08. The smallest absolute Gasteiger partial charge is 0.295 e. The van der Waals surface area contributed by atoms with Gasteiger partial charge >= 0.3 is 0 Å². The Morgan fingerprint density at radius 1 is 1.03 bits per heavy atom. The van der Waals surface area contributed by atoms with Crippen LogP contribution in [0.15, 0.2) is 54.1 Å². The molecule has 0 unspecified atom stereocenters. The molecule has 1 aliphatic rings. The van der Waals surface area contributed by atoms with Crippen molar-refractivity contribution in [2.24, 2.45) is 0 Å². The molecule has 176 valence electrons. The predicted octanol–water partition coefficient (Wildman–Crippen LogP) is 3.86. The van der Waals surface area contributed by atoms with Crippen molar-refractivity contribution in [2.75, 3.05) is 39.9 Å². The van der Waals surface area contributed by atoms with Crippen molar-refractivity contribution in [3.8, 4) is 11.5 Å². The molecule has 0 radical (unpaired) electrons. The Kier molecular flexibility index (Phi) is 8.11. The zero-order valence-electron chi connectivity index (χ0n) is 19.7. The molecule has 0 saturated carbocycles. The lowest BCUT2D eigenvalue weighted by Gasteiger charge is -2.28. The largest absolute Gasteiger partial charge is 0.507 e. The zero-order valence-corrected chi connectivity index (χ0v) is 19.7. The van der Waals surface area contributed by atoms with E-state index in [0.717, 1.165) is 13.1 Å². The molecule has 1 amide bonds. The maximum Gasteiger partial charge on any atom is 0.295 e. The van der Waals surface area contributed by atoms with Crippen LogP contribution in [0.1, 0.15) is 37.9 Å². The molecule has 1 saturated heterocycles. The second-order valence-electron chi connectivity index (χ2n) is 7.75. The van der Waals surface area contributed by atoms with Gasteiger partial charge in [-0.25, -0.2) is 0 Å². The molecule has 1 aliphatic heterocycles. The van der Waals surface area contributed by atoms with Crippen LogP contribution in [0.4, 0.5) is 0 Å². The molecule has 1 fully saturated rings. The Hall–Kier alpha value is -3.32. The average Bonchev–Trinajstić information content (AvgIpc) is 3.10. The molecular formula is C26H32N2O5. The number of carbonyl (C=O) groups excluding carboxylic acids is 2. The molecule has 0 spiro atoms. The van der Waals surface area contributed by atoms with Crippen LogP contribution in [-0.4, -0.2) is 66.5 Å². The van der Waals surface area contributed by atoms with E-state index < -0.39 is 17.7 Å². The monoisotopic (exact) mass is 452 g/mol. The van der Waals surface area contributed by atoms with Gasteiger partial charge in [-0.1, -0.05) is 26.0 Å². The Bertz CT molecular complexity index is 1010. The molecule has 2 aromatic rings. The van der Waals surface area contributed by atoms with Crippen molar-refractivity contribution in [1.29, 1.82) is 0 Å². The fourth-order valence-electron chi connectivity index (χ4n) is 4.09. The van der Waals surface area contributed by atoms with E-state index in [-0.39, 0.29) is 11.3 Å². The number of amides is 1. The topological polar surface area (TPSA) is 79.3 Å². The van der Waals surface area contributed by atoms with Gasteiger partial charge in [0.05, 0.1) is 25.3 Å². The number of nitrogens with zero attached hydrogens (tertiary/aromatic N) is 2. The number of benzene rings is 2. The predicted molar refractivity (Wildman–Crippen MR) is 127 cm³/mol. The van der Waals surface area contributed by atoms with Gasteiger partial charge in [0.2, 0.25) is 0 Å². The SMILES string of the molecule is CCOc1ccc(/C(O)=C2\C(=O)C(=O)N(CCN(CC)CC)[C@H]2c2cccc(OC)c2)cc1. The zero-order chi connectivity index (χ0) is 24.0. The highest BCUT2D eigenvalue weighted by Crippen LogP contribution is 2.40. The van der Waals surface area contributed by atoms with E-state index in [2.05, 4.69) is 18.7 Å². The summed E-state index contributed by atoms with van der Waals surface area (Å²) in [6.45, 7) is 9.22. The number of aliphatic hydroxyl groups excluding tert-OH is 1. The fourth-order valence-corrected chi connectivity index (χ4v) is 4.09.